The Morgan fingerprint density at radius 3 is 0.792 bits per heavy atom. The summed E-state index contributed by atoms with van der Waals surface area (Å²) in [4.78, 5) is 72.8. The van der Waals surface area contributed by atoms with Crippen LogP contribution in [-0.4, -0.2) is 96.7 Å². The van der Waals surface area contributed by atoms with Gasteiger partial charge in [0.1, 0.15) is 19.3 Å². The Bertz CT molecular complexity index is 1860. The second kappa shape index (κ2) is 68.8. The minimum absolute atomic E-state index is 0.106. The average molecular weight is 1410 g/mol. The van der Waals surface area contributed by atoms with Crippen LogP contribution >= 0.6 is 15.6 Å². The molecule has 0 aliphatic rings. The SMILES string of the molecule is CCCCCCCCCCCCCCCCCCCCCCC(=O)O[C@H](COC(=O)CCCCCCCCCCCCCCC(C)C)COP(=O)(O)OC[C@@H](O)COP(=O)(O)OC[C@@H](COC(=O)CCCCCCCCC(C)CC)OC(=O)CCCCCCCCCCCCC. The van der Waals surface area contributed by atoms with Gasteiger partial charge in [-0.15, -0.1) is 0 Å². The maximum Gasteiger partial charge on any atom is 0.472 e. The van der Waals surface area contributed by atoms with Gasteiger partial charge < -0.3 is 33.8 Å². The van der Waals surface area contributed by atoms with Gasteiger partial charge in [0.25, 0.3) is 0 Å². The number of phosphoric ester groups is 2. The molecule has 3 unspecified atom stereocenters. The van der Waals surface area contributed by atoms with Crippen molar-refractivity contribution in [3.05, 3.63) is 0 Å². The van der Waals surface area contributed by atoms with Crippen LogP contribution in [0.25, 0.3) is 0 Å². The Labute approximate surface area is 588 Å². The van der Waals surface area contributed by atoms with Crippen LogP contribution in [0.4, 0.5) is 0 Å². The van der Waals surface area contributed by atoms with Crippen molar-refractivity contribution in [2.45, 2.75) is 419 Å². The molecule has 17 nitrogen and oxygen atoms in total. The highest BCUT2D eigenvalue weighted by molar-refractivity contribution is 7.47. The molecule has 3 N–H and O–H groups in total. The molecule has 0 radical (unpaired) electrons. The summed E-state index contributed by atoms with van der Waals surface area (Å²) in [6.07, 6.45) is 56.9. The number of hydrogen-bond acceptors (Lipinski definition) is 15. The van der Waals surface area contributed by atoms with E-state index in [2.05, 4.69) is 41.5 Å². The second-order valence-electron chi connectivity index (χ2n) is 28.5. The minimum Gasteiger partial charge on any atom is -0.462 e. The molecule has 0 aromatic carbocycles. The predicted octanol–water partition coefficient (Wildman–Crippen LogP) is 22.7. The molecule has 0 bridgehead atoms. The lowest BCUT2D eigenvalue weighted by Gasteiger charge is -2.21. The van der Waals surface area contributed by atoms with E-state index in [4.69, 9.17) is 37.0 Å². The van der Waals surface area contributed by atoms with Crippen molar-refractivity contribution < 1.29 is 80.2 Å². The molecule has 0 aliphatic carbocycles. The van der Waals surface area contributed by atoms with Gasteiger partial charge in [0.2, 0.25) is 0 Å². The highest BCUT2D eigenvalue weighted by atomic mass is 31.2. The van der Waals surface area contributed by atoms with Crippen LogP contribution in [0.1, 0.15) is 401 Å². The number of aliphatic hydroxyl groups is 1. The Balaban J connectivity index is 5.22. The number of phosphoric acid groups is 2. The summed E-state index contributed by atoms with van der Waals surface area (Å²) in [5.74, 6) is -0.602. The fraction of sp³-hybridized carbons (Fsp3) is 0.948. The van der Waals surface area contributed by atoms with Gasteiger partial charge in [0.05, 0.1) is 26.4 Å². The lowest BCUT2D eigenvalue weighted by molar-refractivity contribution is -0.161. The Kier molecular flexibility index (Phi) is 67.4. The van der Waals surface area contributed by atoms with E-state index in [0.29, 0.717) is 25.7 Å². The molecule has 0 aromatic rings. The minimum atomic E-state index is -4.96. The van der Waals surface area contributed by atoms with Gasteiger partial charge in [-0.3, -0.25) is 37.3 Å². The third kappa shape index (κ3) is 69.2. The lowest BCUT2D eigenvalue weighted by Crippen LogP contribution is -2.30. The third-order valence-corrected chi connectivity index (χ3v) is 20.2. The van der Waals surface area contributed by atoms with E-state index >= 15 is 0 Å². The first-order chi connectivity index (χ1) is 46.4. The average Bonchev–Trinajstić information content (AvgIpc) is 1.60. The first-order valence-corrected chi connectivity index (χ1v) is 43.0. The summed E-state index contributed by atoms with van der Waals surface area (Å²) in [5.41, 5.74) is 0. The molecule has 0 amide bonds. The normalized spacial score (nSPS) is 14.3. The molecule has 0 saturated carbocycles. The van der Waals surface area contributed by atoms with Gasteiger partial charge in [-0.25, -0.2) is 9.13 Å². The molecule has 0 saturated heterocycles. The molecule has 0 aliphatic heterocycles. The topological polar surface area (TPSA) is 237 Å². The van der Waals surface area contributed by atoms with Crippen molar-refractivity contribution in [3.63, 3.8) is 0 Å². The van der Waals surface area contributed by atoms with Crippen LogP contribution in [0.15, 0.2) is 0 Å². The van der Waals surface area contributed by atoms with E-state index in [0.717, 1.165) is 108 Å². The van der Waals surface area contributed by atoms with Crippen molar-refractivity contribution >= 4 is 39.5 Å². The van der Waals surface area contributed by atoms with Crippen molar-refractivity contribution in [2.75, 3.05) is 39.6 Å². The Hall–Kier alpha value is -1.94. The maximum absolute atomic E-state index is 13.1. The van der Waals surface area contributed by atoms with Crippen LogP contribution in [0.2, 0.25) is 0 Å². The summed E-state index contributed by atoms with van der Waals surface area (Å²) >= 11 is 0. The zero-order chi connectivity index (χ0) is 70.7. The first-order valence-electron chi connectivity index (χ1n) is 40.0. The predicted molar refractivity (Wildman–Crippen MR) is 391 cm³/mol. The third-order valence-electron chi connectivity index (χ3n) is 18.3. The highest BCUT2D eigenvalue weighted by Crippen LogP contribution is 2.45. The summed E-state index contributed by atoms with van der Waals surface area (Å²) in [7, 11) is -9.91. The van der Waals surface area contributed by atoms with Gasteiger partial charge in [-0.2, -0.15) is 0 Å². The quantitative estimate of drug-likeness (QED) is 0.0222. The molecule has 96 heavy (non-hydrogen) atoms. The van der Waals surface area contributed by atoms with Crippen LogP contribution in [-0.2, 0) is 65.4 Å². The molecule has 6 atom stereocenters. The monoisotopic (exact) mass is 1410 g/mol. The summed E-state index contributed by atoms with van der Waals surface area (Å²) in [6, 6.07) is 0. The van der Waals surface area contributed by atoms with Crippen molar-refractivity contribution in [1.29, 1.82) is 0 Å². The van der Waals surface area contributed by atoms with Crippen molar-refractivity contribution in [1.82, 2.24) is 0 Å². The van der Waals surface area contributed by atoms with E-state index in [1.165, 1.54) is 212 Å². The van der Waals surface area contributed by atoms with Gasteiger partial charge in [-0.05, 0) is 37.5 Å². The number of unbranched alkanes of at least 4 members (excludes halogenated alkanes) is 45. The smallest absolute Gasteiger partial charge is 0.462 e. The molecule has 570 valence electrons. The van der Waals surface area contributed by atoms with E-state index in [1.807, 2.05) is 0 Å². The molecule has 0 rings (SSSR count). The largest absolute Gasteiger partial charge is 0.472 e. The summed E-state index contributed by atoms with van der Waals surface area (Å²) in [5, 5.41) is 10.6. The van der Waals surface area contributed by atoms with Gasteiger partial charge in [-0.1, -0.05) is 350 Å². The maximum atomic E-state index is 13.1. The molecular weight excluding hydrogens is 1260 g/mol. The van der Waals surface area contributed by atoms with Gasteiger partial charge in [0, 0.05) is 25.7 Å². The Morgan fingerprint density at radius 1 is 0.302 bits per heavy atom. The number of carbonyl (C=O) groups excluding carboxylic acids is 4. The van der Waals surface area contributed by atoms with E-state index in [-0.39, 0.29) is 25.7 Å². The summed E-state index contributed by atoms with van der Waals surface area (Å²) in [6.45, 7) is 9.57. The zero-order valence-corrected chi connectivity index (χ0v) is 64.5. The van der Waals surface area contributed by atoms with E-state index in [1.54, 1.807) is 0 Å². The number of ether oxygens (including phenoxy) is 4. The highest BCUT2D eigenvalue weighted by Gasteiger charge is 2.30. The number of esters is 4. The number of rotatable bonds is 76. The van der Waals surface area contributed by atoms with E-state index in [9.17, 15) is 43.2 Å². The Morgan fingerprint density at radius 2 is 0.531 bits per heavy atom. The van der Waals surface area contributed by atoms with Gasteiger partial charge in [0.15, 0.2) is 12.2 Å². The summed E-state index contributed by atoms with van der Waals surface area (Å²) < 4.78 is 68.5. The fourth-order valence-electron chi connectivity index (χ4n) is 11.8. The molecule has 0 spiro atoms. The van der Waals surface area contributed by atoms with Crippen LogP contribution < -0.4 is 0 Å². The zero-order valence-electron chi connectivity index (χ0n) is 62.7. The molecule has 19 heteroatoms. The van der Waals surface area contributed by atoms with Crippen LogP contribution in [0.3, 0.4) is 0 Å². The second-order valence-corrected chi connectivity index (χ2v) is 31.4. The molecule has 0 aromatic heterocycles. The van der Waals surface area contributed by atoms with Gasteiger partial charge >= 0.3 is 39.5 Å². The molecule has 0 heterocycles. The van der Waals surface area contributed by atoms with Crippen LogP contribution in [0.5, 0.6) is 0 Å². The number of aliphatic hydroxyl groups excluding tert-OH is 1. The number of carbonyl (C=O) groups is 4. The van der Waals surface area contributed by atoms with Crippen molar-refractivity contribution in [3.8, 4) is 0 Å². The van der Waals surface area contributed by atoms with Crippen molar-refractivity contribution in [2.24, 2.45) is 11.8 Å². The van der Waals surface area contributed by atoms with Crippen LogP contribution in [0, 0.1) is 11.8 Å². The van der Waals surface area contributed by atoms with E-state index < -0.39 is 97.5 Å². The molecular formula is C77H150O17P2. The first kappa shape index (κ1) is 94.1. The number of hydrogen-bond donors (Lipinski definition) is 3. The molecule has 0 fully saturated rings. The standard InChI is InChI=1S/C77H150O17P2/c1-7-10-12-14-16-18-20-21-22-23-24-25-26-27-28-34-38-42-50-56-62-77(82)93-72(65-87-74(79)59-53-47-40-36-33-30-29-32-35-39-45-51-57-69(4)5)67-91-95(83,84)89-63-71(78)64-90-96(85,86)92-68-73(66-88-75(80)60-54-48-44-43-46-52-58-70(6)9-3)94-76(81)61-55-49-41-37-31-19-17-15-13-11-8-2/h69-73,78H,7-68H2,1-6H3,(H,83,84)(H,85,86)/t70?,71-,72-,73-/m1/s1. The fourth-order valence-corrected chi connectivity index (χ4v) is 13.4. The lowest BCUT2D eigenvalue weighted by atomic mass is 10.00.